The van der Waals surface area contributed by atoms with Crippen molar-refractivity contribution in [3.63, 3.8) is 0 Å². The van der Waals surface area contributed by atoms with Crippen LogP contribution in [0.4, 0.5) is 0 Å². The number of hydrogen-bond acceptors (Lipinski definition) is 2. The number of halogens is 1. The summed E-state index contributed by atoms with van der Waals surface area (Å²) in [5, 5.41) is 11.1. The molecule has 0 aliphatic heterocycles. The van der Waals surface area contributed by atoms with Crippen molar-refractivity contribution >= 4 is 28.9 Å². The van der Waals surface area contributed by atoms with Crippen LogP contribution < -0.4 is 0 Å². The number of rotatable bonds is 2. The summed E-state index contributed by atoms with van der Waals surface area (Å²) in [6.45, 7) is 0. The minimum atomic E-state index is -0.897. The third kappa shape index (κ3) is 2.19. The molecule has 0 amide bonds. The largest absolute Gasteiger partial charge is 0.478 e. The zero-order valence-electron chi connectivity index (χ0n) is 7.61. The van der Waals surface area contributed by atoms with Gasteiger partial charge in [-0.1, -0.05) is 23.7 Å². The minimum Gasteiger partial charge on any atom is -0.478 e. The number of carboxylic acid groups (broad SMARTS) is 1. The van der Waals surface area contributed by atoms with Gasteiger partial charge in [-0.3, -0.25) is 0 Å². The van der Waals surface area contributed by atoms with Crippen molar-refractivity contribution < 1.29 is 9.90 Å². The van der Waals surface area contributed by atoms with Gasteiger partial charge in [0.15, 0.2) is 0 Å². The van der Waals surface area contributed by atoms with Gasteiger partial charge < -0.3 is 5.11 Å². The van der Waals surface area contributed by atoms with Crippen LogP contribution >= 0.6 is 22.9 Å². The van der Waals surface area contributed by atoms with Crippen LogP contribution in [0.3, 0.4) is 0 Å². The Balaban J connectivity index is 2.37. The molecule has 1 N–H and O–H groups in total. The maximum atomic E-state index is 10.7. The molecule has 1 aromatic carbocycles. The molecule has 76 valence electrons. The van der Waals surface area contributed by atoms with E-state index in [0.29, 0.717) is 10.6 Å². The molecule has 2 rings (SSSR count). The second kappa shape index (κ2) is 4.04. The molecule has 0 fully saturated rings. The fourth-order valence-corrected chi connectivity index (χ4v) is 2.23. The molecule has 0 aliphatic rings. The zero-order valence-corrected chi connectivity index (χ0v) is 9.18. The van der Waals surface area contributed by atoms with Crippen molar-refractivity contribution in [2.24, 2.45) is 0 Å². The normalized spacial score (nSPS) is 10.2. The van der Waals surface area contributed by atoms with E-state index in [1.165, 1.54) is 11.3 Å². The number of carbonyl (C=O) groups is 1. The number of carboxylic acids is 1. The van der Waals surface area contributed by atoms with Crippen molar-refractivity contribution in [1.82, 2.24) is 0 Å². The van der Waals surface area contributed by atoms with E-state index in [1.807, 2.05) is 12.1 Å². The van der Waals surface area contributed by atoms with Crippen LogP contribution in [0.2, 0.25) is 5.02 Å². The highest BCUT2D eigenvalue weighted by molar-refractivity contribution is 7.13. The van der Waals surface area contributed by atoms with Gasteiger partial charge in [0, 0.05) is 15.3 Å². The minimum absolute atomic E-state index is 0.324. The average Bonchev–Trinajstić information content (AvgIpc) is 2.68. The first-order valence-electron chi connectivity index (χ1n) is 4.24. The van der Waals surface area contributed by atoms with E-state index in [9.17, 15) is 4.79 Å². The number of benzene rings is 1. The van der Waals surface area contributed by atoms with Crippen molar-refractivity contribution in [3.05, 3.63) is 46.3 Å². The van der Waals surface area contributed by atoms with Crippen molar-refractivity contribution in [2.45, 2.75) is 0 Å². The van der Waals surface area contributed by atoms with Gasteiger partial charge in [-0.2, -0.15) is 0 Å². The Morgan fingerprint density at radius 3 is 2.47 bits per heavy atom. The van der Waals surface area contributed by atoms with Crippen molar-refractivity contribution in [2.75, 3.05) is 0 Å². The Bertz CT molecular complexity index is 488. The van der Waals surface area contributed by atoms with Gasteiger partial charge in [-0.25, -0.2) is 4.79 Å². The predicted molar refractivity (Wildman–Crippen MR) is 61.7 cm³/mol. The van der Waals surface area contributed by atoms with E-state index in [1.54, 1.807) is 23.6 Å². The third-order valence-electron chi connectivity index (χ3n) is 1.98. The van der Waals surface area contributed by atoms with Crippen LogP contribution in [0.15, 0.2) is 35.7 Å². The summed E-state index contributed by atoms with van der Waals surface area (Å²) in [6.07, 6.45) is 0. The molecule has 0 atom stereocenters. The zero-order chi connectivity index (χ0) is 10.8. The van der Waals surface area contributed by atoms with E-state index in [0.717, 1.165) is 10.4 Å². The highest BCUT2D eigenvalue weighted by Gasteiger charge is 2.07. The summed E-state index contributed by atoms with van der Waals surface area (Å²) < 4.78 is 0. The van der Waals surface area contributed by atoms with Gasteiger partial charge in [0.1, 0.15) is 0 Å². The second-order valence-electron chi connectivity index (χ2n) is 3.01. The maximum absolute atomic E-state index is 10.7. The average molecular weight is 239 g/mol. The summed E-state index contributed by atoms with van der Waals surface area (Å²) in [5.41, 5.74) is 1.31. The highest BCUT2D eigenvalue weighted by atomic mass is 35.5. The lowest BCUT2D eigenvalue weighted by molar-refractivity contribution is 0.0697. The summed E-state index contributed by atoms with van der Waals surface area (Å²) in [6, 6.07) is 8.99. The molecule has 4 heteroatoms. The monoisotopic (exact) mass is 238 g/mol. The number of aromatic carboxylic acids is 1. The highest BCUT2D eigenvalue weighted by Crippen LogP contribution is 2.28. The molecule has 1 heterocycles. The van der Waals surface area contributed by atoms with Gasteiger partial charge in [-0.05, 0) is 23.8 Å². The predicted octanol–water partition coefficient (Wildman–Crippen LogP) is 3.77. The molecule has 0 saturated heterocycles. The Morgan fingerprint density at radius 1 is 1.27 bits per heavy atom. The molecule has 0 spiro atoms. The van der Waals surface area contributed by atoms with Gasteiger partial charge in [0.25, 0.3) is 0 Å². The first-order valence-corrected chi connectivity index (χ1v) is 5.50. The summed E-state index contributed by atoms with van der Waals surface area (Å²) in [4.78, 5) is 11.6. The summed E-state index contributed by atoms with van der Waals surface area (Å²) >= 11 is 7.18. The SMILES string of the molecule is O=C(O)c1csc(-c2ccc(Cl)cc2)c1. The van der Waals surface area contributed by atoms with E-state index < -0.39 is 5.97 Å². The van der Waals surface area contributed by atoms with Crippen LogP contribution in [-0.2, 0) is 0 Å². The topological polar surface area (TPSA) is 37.3 Å². The summed E-state index contributed by atoms with van der Waals surface area (Å²) in [7, 11) is 0. The first kappa shape index (κ1) is 10.2. The third-order valence-corrected chi connectivity index (χ3v) is 3.21. The second-order valence-corrected chi connectivity index (χ2v) is 4.36. The fraction of sp³-hybridized carbons (Fsp3) is 0. The van der Waals surface area contributed by atoms with Gasteiger partial charge in [0.05, 0.1) is 5.56 Å². The Kier molecular flexibility index (Phi) is 2.75. The molecule has 0 radical (unpaired) electrons. The molecule has 0 unspecified atom stereocenters. The lowest BCUT2D eigenvalue weighted by Crippen LogP contribution is -1.91. The standard InChI is InChI=1S/C11H7ClO2S/c12-9-3-1-7(2-4-9)10-5-8(6-15-10)11(13)14/h1-6H,(H,13,14). The molecule has 0 bridgehead atoms. The molecular formula is C11H7ClO2S. The molecule has 2 nitrogen and oxygen atoms in total. The number of thiophene rings is 1. The van der Waals surface area contributed by atoms with Crippen molar-refractivity contribution in [3.8, 4) is 10.4 Å². The maximum Gasteiger partial charge on any atom is 0.336 e. The van der Waals surface area contributed by atoms with Gasteiger partial charge in [0.2, 0.25) is 0 Å². The number of hydrogen-bond donors (Lipinski definition) is 1. The smallest absolute Gasteiger partial charge is 0.336 e. The fourth-order valence-electron chi connectivity index (χ4n) is 1.21. The Hall–Kier alpha value is -1.32. The van der Waals surface area contributed by atoms with E-state index in [4.69, 9.17) is 16.7 Å². The molecule has 1 aromatic heterocycles. The lowest BCUT2D eigenvalue weighted by atomic mass is 10.2. The first-order chi connectivity index (χ1) is 7.16. The van der Waals surface area contributed by atoms with E-state index >= 15 is 0 Å². The quantitative estimate of drug-likeness (QED) is 0.865. The molecular weight excluding hydrogens is 232 g/mol. The van der Waals surface area contributed by atoms with Gasteiger partial charge >= 0.3 is 5.97 Å². The van der Waals surface area contributed by atoms with Crippen LogP contribution in [0, 0.1) is 0 Å². The van der Waals surface area contributed by atoms with Crippen LogP contribution in [-0.4, -0.2) is 11.1 Å². The van der Waals surface area contributed by atoms with Crippen LogP contribution in [0.1, 0.15) is 10.4 Å². The molecule has 0 saturated carbocycles. The van der Waals surface area contributed by atoms with Gasteiger partial charge in [-0.15, -0.1) is 11.3 Å². The van der Waals surface area contributed by atoms with Crippen LogP contribution in [0.25, 0.3) is 10.4 Å². The Labute approximate surface area is 95.8 Å². The van der Waals surface area contributed by atoms with Crippen molar-refractivity contribution in [1.29, 1.82) is 0 Å². The molecule has 15 heavy (non-hydrogen) atoms. The van der Waals surface area contributed by atoms with E-state index in [2.05, 4.69) is 0 Å². The Morgan fingerprint density at radius 2 is 1.93 bits per heavy atom. The van der Waals surface area contributed by atoms with Crippen LogP contribution in [0.5, 0.6) is 0 Å². The van der Waals surface area contributed by atoms with E-state index in [-0.39, 0.29) is 0 Å². The molecule has 0 aliphatic carbocycles. The molecule has 2 aromatic rings. The lowest BCUT2D eigenvalue weighted by Gasteiger charge is -1.96. The summed E-state index contributed by atoms with van der Waals surface area (Å²) in [5.74, 6) is -0.897.